The van der Waals surface area contributed by atoms with Crippen LogP contribution in [0.4, 0.5) is 5.69 Å². The van der Waals surface area contributed by atoms with E-state index in [1.165, 1.54) is 5.56 Å². The van der Waals surface area contributed by atoms with E-state index in [2.05, 4.69) is 21.5 Å². The fourth-order valence-corrected chi connectivity index (χ4v) is 1.37. The average molecular weight is 258 g/mol. The number of terminal acetylenes is 1. The first-order valence-corrected chi connectivity index (χ1v) is 5.87. The number of guanidine groups is 1. The molecule has 19 heavy (non-hydrogen) atoms. The number of aliphatic imine (C=N–C) groups is 1. The highest BCUT2D eigenvalue weighted by Crippen LogP contribution is 2.13. The van der Waals surface area contributed by atoms with Crippen LogP contribution >= 0.6 is 0 Å². The van der Waals surface area contributed by atoms with Gasteiger partial charge in [0.15, 0.2) is 5.96 Å². The molecule has 1 rings (SSSR count). The molecule has 1 aromatic rings. The highest BCUT2D eigenvalue weighted by atomic mass is 16.1. The molecule has 1 aromatic carbocycles. The van der Waals surface area contributed by atoms with Crippen LogP contribution in [0.3, 0.4) is 0 Å². The second-order valence-corrected chi connectivity index (χ2v) is 4.11. The number of nitrogens with zero attached hydrogens (tertiary/aromatic N) is 1. The van der Waals surface area contributed by atoms with Gasteiger partial charge < -0.3 is 16.4 Å². The Balaban J connectivity index is 2.54. The minimum absolute atomic E-state index is 0.0502. The Kier molecular flexibility index (Phi) is 5.42. The monoisotopic (exact) mass is 258 g/mol. The summed E-state index contributed by atoms with van der Waals surface area (Å²) in [6.45, 7) is 4.19. The Morgan fingerprint density at radius 1 is 1.42 bits per heavy atom. The number of rotatable bonds is 4. The van der Waals surface area contributed by atoms with Crippen molar-refractivity contribution in [3.63, 3.8) is 0 Å². The lowest BCUT2D eigenvalue weighted by Crippen LogP contribution is -2.29. The molecule has 0 bridgehead atoms. The summed E-state index contributed by atoms with van der Waals surface area (Å²) in [6.07, 6.45) is 5.02. The first kappa shape index (κ1) is 14.6. The molecule has 1 amide bonds. The molecule has 0 aliphatic heterocycles. The maximum absolute atomic E-state index is 11.3. The molecule has 0 unspecified atom stereocenters. The smallest absolute Gasteiger partial charge is 0.242 e. The van der Waals surface area contributed by atoms with Crippen molar-refractivity contribution in [2.75, 3.05) is 18.4 Å². The predicted octanol–water partition coefficient (Wildman–Crippen LogP) is 0.779. The summed E-state index contributed by atoms with van der Waals surface area (Å²) in [6, 6.07) is 5.86. The van der Waals surface area contributed by atoms with Gasteiger partial charge in [0, 0.05) is 5.69 Å². The van der Waals surface area contributed by atoms with Gasteiger partial charge in [0.1, 0.15) is 6.54 Å². The van der Waals surface area contributed by atoms with Crippen molar-refractivity contribution in [1.82, 2.24) is 5.32 Å². The number of nitrogens with one attached hydrogen (secondary N) is 2. The Hall–Kier alpha value is -2.48. The Morgan fingerprint density at radius 3 is 2.79 bits per heavy atom. The molecule has 5 heteroatoms. The number of hydrogen-bond donors (Lipinski definition) is 3. The number of carbonyl (C=O) groups excluding carboxylic acids is 1. The number of carbonyl (C=O) groups is 1. The minimum atomic E-state index is -0.261. The first-order valence-electron chi connectivity index (χ1n) is 5.87. The van der Waals surface area contributed by atoms with Crippen molar-refractivity contribution in [2.24, 2.45) is 10.7 Å². The minimum Gasteiger partial charge on any atom is -0.370 e. The Labute approximate surface area is 113 Å². The van der Waals surface area contributed by atoms with Gasteiger partial charge >= 0.3 is 0 Å². The molecule has 5 nitrogen and oxygen atoms in total. The lowest BCUT2D eigenvalue weighted by Gasteiger charge is -2.08. The number of anilines is 1. The zero-order valence-corrected chi connectivity index (χ0v) is 11.2. The largest absolute Gasteiger partial charge is 0.370 e. The van der Waals surface area contributed by atoms with Gasteiger partial charge in [-0.05, 0) is 37.1 Å². The van der Waals surface area contributed by atoms with Crippen LogP contribution in [0.5, 0.6) is 0 Å². The maximum atomic E-state index is 11.3. The average Bonchev–Trinajstić information content (AvgIpc) is 2.38. The molecule has 0 saturated heterocycles. The van der Waals surface area contributed by atoms with Crippen molar-refractivity contribution >= 4 is 17.6 Å². The zero-order chi connectivity index (χ0) is 14.3. The van der Waals surface area contributed by atoms with E-state index in [9.17, 15) is 4.79 Å². The lowest BCUT2D eigenvalue weighted by atomic mass is 10.1. The van der Waals surface area contributed by atoms with Crippen LogP contribution in [0.1, 0.15) is 11.1 Å². The molecular weight excluding hydrogens is 240 g/mol. The highest BCUT2D eigenvalue weighted by Gasteiger charge is 2.00. The number of hydrogen-bond acceptors (Lipinski definition) is 2. The zero-order valence-electron chi connectivity index (χ0n) is 11.2. The highest BCUT2D eigenvalue weighted by molar-refractivity contribution is 5.94. The second-order valence-electron chi connectivity index (χ2n) is 4.11. The van der Waals surface area contributed by atoms with Crippen LogP contribution in [-0.4, -0.2) is 25.0 Å². The summed E-state index contributed by atoms with van der Waals surface area (Å²) in [5, 5.41) is 5.43. The van der Waals surface area contributed by atoms with Crippen molar-refractivity contribution in [1.29, 1.82) is 0 Å². The molecule has 100 valence electrons. The summed E-state index contributed by atoms with van der Waals surface area (Å²) in [4.78, 5) is 15.2. The maximum Gasteiger partial charge on any atom is 0.242 e. The van der Waals surface area contributed by atoms with Gasteiger partial charge in [-0.1, -0.05) is 12.0 Å². The second kappa shape index (κ2) is 7.07. The third-order valence-corrected chi connectivity index (χ3v) is 2.56. The van der Waals surface area contributed by atoms with Crippen LogP contribution in [0, 0.1) is 26.2 Å². The molecule has 0 spiro atoms. The quantitative estimate of drug-likeness (QED) is 0.424. The predicted molar refractivity (Wildman–Crippen MR) is 77.9 cm³/mol. The Morgan fingerprint density at radius 2 is 2.16 bits per heavy atom. The van der Waals surface area contributed by atoms with Crippen molar-refractivity contribution in [3.05, 3.63) is 29.3 Å². The van der Waals surface area contributed by atoms with E-state index in [0.29, 0.717) is 0 Å². The standard InChI is InChI=1S/C14H18N4O/c1-4-7-16-13(19)9-17-14(15)18-12-6-5-10(2)11(3)8-12/h1,5-6,8H,7,9H2,2-3H3,(H,16,19)(H3,15,17,18). The molecule has 0 atom stereocenters. The summed E-state index contributed by atoms with van der Waals surface area (Å²) in [7, 11) is 0. The van der Waals surface area contributed by atoms with E-state index in [-0.39, 0.29) is 25.0 Å². The normalized spacial score (nSPS) is 10.7. The number of nitrogens with two attached hydrogens (primary N) is 1. The number of aryl methyl sites for hydroxylation is 2. The molecule has 0 radical (unpaired) electrons. The Bertz CT molecular complexity index is 529. The molecule has 0 saturated carbocycles. The van der Waals surface area contributed by atoms with E-state index in [0.717, 1.165) is 11.3 Å². The van der Waals surface area contributed by atoms with Crippen LogP contribution in [0.15, 0.2) is 23.2 Å². The van der Waals surface area contributed by atoms with Gasteiger partial charge in [0.2, 0.25) is 5.91 Å². The molecule has 4 N–H and O–H groups in total. The third-order valence-electron chi connectivity index (χ3n) is 2.56. The fourth-order valence-electron chi connectivity index (χ4n) is 1.37. The van der Waals surface area contributed by atoms with E-state index in [4.69, 9.17) is 12.2 Å². The van der Waals surface area contributed by atoms with Crippen molar-refractivity contribution < 1.29 is 4.79 Å². The molecule has 0 aromatic heterocycles. The summed E-state index contributed by atoms with van der Waals surface area (Å²) < 4.78 is 0. The van der Waals surface area contributed by atoms with Gasteiger partial charge in [0.25, 0.3) is 0 Å². The van der Waals surface area contributed by atoms with Crippen LogP contribution in [0.25, 0.3) is 0 Å². The SMILES string of the molecule is C#CCNC(=O)CN=C(N)Nc1ccc(C)c(C)c1. The number of benzene rings is 1. The van der Waals surface area contributed by atoms with E-state index < -0.39 is 0 Å². The topological polar surface area (TPSA) is 79.5 Å². The first-order chi connectivity index (χ1) is 9.02. The lowest BCUT2D eigenvalue weighted by molar-refractivity contribution is -0.119. The van der Waals surface area contributed by atoms with Crippen LogP contribution in [0.2, 0.25) is 0 Å². The summed E-state index contributed by atoms with van der Waals surface area (Å²) in [5.74, 6) is 2.24. The van der Waals surface area contributed by atoms with Gasteiger partial charge in [-0.15, -0.1) is 6.42 Å². The summed E-state index contributed by atoms with van der Waals surface area (Å²) in [5.41, 5.74) is 8.89. The molecular formula is C14H18N4O. The van der Waals surface area contributed by atoms with Gasteiger partial charge in [-0.2, -0.15) is 0 Å². The van der Waals surface area contributed by atoms with E-state index in [1.807, 2.05) is 32.0 Å². The molecule has 0 fully saturated rings. The fraction of sp³-hybridized carbons (Fsp3) is 0.286. The van der Waals surface area contributed by atoms with Gasteiger partial charge in [-0.3, -0.25) is 4.79 Å². The molecule has 0 heterocycles. The van der Waals surface area contributed by atoms with E-state index >= 15 is 0 Å². The van der Waals surface area contributed by atoms with Crippen molar-refractivity contribution in [3.8, 4) is 12.3 Å². The van der Waals surface area contributed by atoms with Crippen LogP contribution in [-0.2, 0) is 4.79 Å². The molecule has 0 aliphatic carbocycles. The molecule has 0 aliphatic rings. The van der Waals surface area contributed by atoms with Gasteiger partial charge in [-0.25, -0.2) is 4.99 Å². The third kappa shape index (κ3) is 5.13. The van der Waals surface area contributed by atoms with Crippen molar-refractivity contribution in [2.45, 2.75) is 13.8 Å². The summed E-state index contributed by atoms with van der Waals surface area (Å²) >= 11 is 0. The number of amides is 1. The van der Waals surface area contributed by atoms with Crippen LogP contribution < -0.4 is 16.4 Å². The van der Waals surface area contributed by atoms with E-state index in [1.54, 1.807) is 0 Å². The van der Waals surface area contributed by atoms with Gasteiger partial charge in [0.05, 0.1) is 6.54 Å².